The summed E-state index contributed by atoms with van der Waals surface area (Å²) in [5.74, 6) is 0. The van der Waals surface area contributed by atoms with Crippen LogP contribution in [0.1, 0.15) is 26.5 Å². The topological polar surface area (TPSA) is 51.2 Å². The van der Waals surface area contributed by atoms with Gasteiger partial charge < -0.3 is 4.74 Å². The Hall–Kier alpha value is -0.300. The molecule has 0 radical (unpaired) electrons. The van der Waals surface area contributed by atoms with E-state index < -0.39 is 16.5 Å². The van der Waals surface area contributed by atoms with Crippen molar-refractivity contribution in [2.75, 3.05) is 13.2 Å². The molecule has 1 atom stereocenters. The van der Waals surface area contributed by atoms with Gasteiger partial charge in [-0.1, -0.05) is 0 Å². The third-order valence-electron chi connectivity index (χ3n) is 2.76. The molecule has 1 fully saturated rings. The van der Waals surface area contributed by atoms with Crippen molar-refractivity contribution in [1.82, 2.24) is 9.71 Å². The van der Waals surface area contributed by atoms with E-state index in [0.29, 0.717) is 13.2 Å². The predicted octanol–water partition coefficient (Wildman–Crippen LogP) is 2.12. The number of pyridine rings is 1. The lowest BCUT2D eigenvalue weighted by molar-refractivity contribution is -0.0681. The molecular weight excluding hydrogens is 316 g/mol. The van der Waals surface area contributed by atoms with E-state index in [2.05, 4.69) is 25.6 Å². The maximum atomic E-state index is 12.2. The molecule has 4 nitrogen and oxygen atoms in total. The Bertz CT molecular complexity index is 452. The Morgan fingerprint density at radius 2 is 2.11 bits per heavy atom. The Morgan fingerprint density at radius 3 is 2.50 bits per heavy atom. The van der Waals surface area contributed by atoms with Crippen LogP contribution in [-0.4, -0.2) is 27.2 Å². The first kappa shape index (κ1) is 14.1. The summed E-state index contributed by atoms with van der Waals surface area (Å²) in [6.07, 6.45) is 1.75. The smallest absolute Gasteiger partial charge is 0.119 e. The fraction of sp³-hybridized carbons (Fsp3) is 0.583. The van der Waals surface area contributed by atoms with Gasteiger partial charge in [0.05, 0.1) is 34.6 Å². The van der Waals surface area contributed by atoms with E-state index in [0.717, 1.165) is 10.2 Å². The highest BCUT2D eigenvalue weighted by molar-refractivity contribution is 9.10. The number of rotatable bonds is 3. The molecule has 6 heteroatoms. The Labute approximate surface area is 118 Å². The summed E-state index contributed by atoms with van der Waals surface area (Å²) in [6, 6.07) is 3.86. The Morgan fingerprint density at radius 1 is 1.44 bits per heavy atom. The highest BCUT2D eigenvalue weighted by Crippen LogP contribution is 2.30. The van der Waals surface area contributed by atoms with Crippen molar-refractivity contribution in [2.45, 2.75) is 31.1 Å². The molecule has 2 rings (SSSR count). The second-order valence-corrected chi connectivity index (χ2v) is 8.30. The molecule has 0 saturated carbocycles. The normalized spacial score (nSPS) is 20.2. The first-order chi connectivity index (χ1) is 8.33. The second kappa shape index (κ2) is 5.00. The monoisotopic (exact) mass is 332 g/mol. The zero-order valence-electron chi connectivity index (χ0n) is 10.7. The minimum Gasteiger partial charge on any atom is -0.377 e. The molecule has 1 aliphatic heterocycles. The summed E-state index contributed by atoms with van der Waals surface area (Å²) in [5.41, 5.74) is 0.452. The number of hydrogen-bond donors (Lipinski definition) is 1. The minimum absolute atomic E-state index is 0.308. The Balaban J connectivity index is 2.21. The van der Waals surface area contributed by atoms with Gasteiger partial charge >= 0.3 is 0 Å². The molecule has 0 unspecified atom stereocenters. The zero-order valence-corrected chi connectivity index (χ0v) is 13.1. The van der Waals surface area contributed by atoms with E-state index in [1.807, 2.05) is 32.9 Å². The van der Waals surface area contributed by atoms with E-state index in [1.165, 1.54) is 0 Å². The van der Waals surface area contributed by atoms with Gasteiger partial charge in [-0.2, -0.15) is 0 Å². The van der Waals surface area contributed by atoms with Crippen LogP contribution in [0.3, 0.4) is 0 Å². The van der Waals surface area contributed by atoms with Crippen molar-refractivity contribution < 1.29 is 8.95 Å². The first-order valence-corrected chi connectivity index (χ1v) is 7.67. The van der Waals surface area contributed by atoms with Gasteiger partial charge in [0.25, 0.3) is 0 Å². The van der Waals surface area contributed by atoms with Crippen molar-refractivity contribution in [1.29, 1.82) is 0 Å². The van der Waals surface area contributed by atoms with E-state index in [4.69, 9.17) is 4.74 Å². The largest absolute Gasteiger partial charge is 0.377 e. The molecule has 18 heavy (non-hydrogen) atoms. The molecule has 0 amide bonds. The number of hydrogen-bond acceptors (Lipinski definition) is 3. The summed E-state index contributed by atoms with van der Waals surface area (Å²) in [4.78, 5) is 4.38. The van der Waals surface area contributed by atoms with E-state index in [9.17, 15) is 4.21 Å². The number of aromatic nitrogens is 1. The maximum Gasteiger partial charge on any atom is 0.119 e. The van der Waals surface area contributed by atoms with Crippen LogP contribution in [0.5, 0.6) is 0 Å². The molecule has 0 spiro atoms. The molecule has 1 aromatic rings. The van der Waals surface area contributed by atoms with Gasteiger partial charge in [0.15, 0.2) is 0 Å². The van der Waals surface area contributed by atoms with Crippen LogP contribution in [0.15, 0.2) is 22.8 Å². The van der Waals surface area contributed by atoms with Gasteiger partial charge in [0.1, 0.15) is 5.54 Å². The molecule has 0 aliphatic carbocycles. The maximum absolute atomic E-state index is 12.2. The molecule has 0 bridgehead atoms. The SMILES string of the molecule is CC(C)(C)[S@@](=O)NC1(c2ccc(Br)cn2)COC1. The summed E-state index contributed by atoms with van der Waals surface area (Å²) < 4.78 is 21.3. The van der Waals surface area contributed by atoms with Crippen molar-refractivity contribution in [3.63, 3.8) is 0 Å². The number of ether oxygens (including phenoxy) is 1. The van der Waals surface area contributed by atoms with Crippen molar-refractivity contribution in [2.24, 2.45) is 0 Å². The van der Waals surface area contributed by atoms with Gasteiger partial charge in [-0.15, -0.1) is 0 Å². The van der Waals surface area contributed by atoms with Crippen LogP contribution in [0, 0.1) is 0 Å². The van der Waals surface area contributed by atoms with E-state index >= 15 is 0 Å². The molecule has 1 saturated heterocycles. The standard InChI is InChI=1S/C12H17BrN2O2S/c1-11(2,3)18(16)15-12(7-17-8-12)10-5-4-9(13)6-14-10/h4-6,15H,7-8H2,1-3H3/t18-/m1/s1. The van der Waals surface area contributed by atoms with E-state index in [-0.39, 0.29) is 4.75 Å². The average Bonchev–Trinajstić information content (AvgIpc) is 2.23. The molecular formula is C12H17BrN2O2S. The summed E-state index contributed by atoms with van der Waals surface area (Å²) in [6.45, 7) is 6.84. The summed E-state index contributed by atoms with van der Waals surface area (Å²) in [5, 5.41) is 0. The third-order valence-corrected chi connectivity index (χ3v) is 4.92. The summed E-state index contributed by atoms with van der Waals surface area (Å²) >= 11 is 3.36. The van der Waals surface area contributed by atoms with Gasteiger partial charge in [-0.3, -0.25) is 4.98 Å². The van der Waals surface area contributed by atoms with Crippen molar-refractivity contribution >= 4 is 26.9 Å². The third kappa shape index (κ3) is 2.82. The quantitative estimate of drug-likeness (QED) is 0.922. The van der Waals surface area contributed by atoms with Gasteiger partial charge in [0, 0.05) is 10.7 Å². The molecule has 1 aliphatic rings. The second-order valence-electron chi connectivity index (χ2n) is 5.42. The van der Waals surface area contributed by atoms with Crippen LogP contribution in [0.4, 0.5) is 0 Å². The molecule has 1 aromatic heterocycles. The fourth-order valence-electron chi connectivity index (χ4n) is 1.55. The van der Waals surface area contributed by atoms with Crippen molar-refractivity contribution in [3.8, 4) is 0 Å². The lowest BCUT2D eigenvalue weighted by Gasteiger charge is -2.42. The fourth-order valence-corrected chi connectivity index (χ4v) is 2.67. The predicted molar refractivity (Wildman–Crippen MR) is 75.5 cm³/mol. The van der Waals surface area contributed by atoms with Crippen LogP contribution in [0.25, 0.3) is 0 Å². The lowest BCUT2D eigenvalue weighted by atomic mass is 9.94. The molecule has 2 heterocycles. The van der Waals surface area contributed by atoms with Gasteiger partial charge in [-0.05, 0) is 48.8 Å². The van der Waals surface area contributed by atoms with Crippen LogP contribution in [-0.2, 0) is 21.3 Å². The van der Waals surface area contributed by atoms with Crippen molar-refractivity contribution in [3.05, 3.63) is 28.5 Å². The van der Waals surface area contributed by atoms with E-state index in [1.54, 1.807) is 6.20 Å². The number of nitrogens with one attached hydrogen (secondary N) is 1. The number of nitrogens with zero attached hydrogens (tertiary/aromatic N) is 1. The van der Waals surface area contributed by atoms with Gasteiger partial charge in [0.2, 0.25) is 0 Å². The first-order valence-electron chi connectivity index (χ1n) is 5.73. The minimum atomic E-state index is -1.14. The summed E-state index contributed by atoms with van der Waals surface area (Å²) in [7, 11) is -1.14. The average molecular weight is 333 g/mol. The zero-order chi connectivity index (χ0) is 13.4. The van der Waals surface area contributed by atoms with Crippen LogP contribution < -0.4 is 4.72 Å². The van der Waals surface area contributed by atoms with Crippen LogP contribution in [0.2, 0.25) is 0 Å². The molecule has 100 valence electrons. The Kier molecular flexibility index (Phi) is 3.92. The lowest BCUT2D eigenvalue weighted by Crippen LogP contribution is -2.60. The molecule has 0 aromatic carbocycles. The highest BCUT2D eigenvalue weighted by atomic mass is 79.9. The molecule has 1 N–H and O–H groups in total. The highest BCUT2D eigenvalue weighted by Gasteiger charge is 2.44. The van der Waals surface area contributed by atoms with Gasteiger partial charge in [-0.25, -0.2) is 8.93 Å². The number of halogens is 1. The van der Waals surface area contributed by atoms with Crippen LogP contribution >= 0.6 is 15.9 Å².